The van der Waals surface area contributed by atoms with Gasteiger partial charge in [0.1, 0.15) is 11.3 Å². The van der Waals surface area contributed by atoms with Crippen LogP contribution in [-0.2, 0) is 13.5 Å². The minimum absolute atomic E-state index is 0.771. The summed E-state index contributed by atoms with van der Waals surface area (Å²) in [5.41, 5.74) is 5.10. The second kappa shape index (κ2) is 6.87. The Labute approximate surface area is 151 Å². The fourth-order valence-electron chi connectivity index (χ4n) is 2.98. The van der Waals surface area contributed by atoms with E-state index in [1.54, 1.807) is 18.0 Å². The molecule has 0 bridgehead atoms. The van der Waals surface area contributed by atoms with Gasteiger partial charge in [-0.05, 0) is 24.1 Å². The van der Waals surface area contributed by atoms with Crippen LogP contribution in [0.15, 0.2) is 55.4 Å². The Balaban J connectivity index is 1.60. The van der Waals surface area contributed by atoms with Gasteiger partial charge in [-0.1, -0.05) is 6.07 Å². The second-order valence-corrected chi connectivity index (χ2v) is 6.09. The molecule has 0 aliphatic rings. The summed E-state index contributed by atoms with van der Waals surface area (Å²) in [6.45, 7) is 0.792. The van der Waals surface area contributed by atoms with Gasteiger partial charge in [-0.2, -0.15) is 10.2 Å². The van der Waals surface area contributed by atoms with Crippen LogP contribution >= 0.6 is 0 Å². The molecule has 0 amide bonds. The van der Waals surface area contributed by atoms with Crippen molar-refractivity contribution in [2.45, 2.75) is 6.42 Å². The number of nitrogens with one attached hydrogen (secondary N) is 1. The first-order chi connectivity index (χ1) is 12.7. The van der Waals surface area contributed by atoms with E-state index < -0.39 is 0 Å². The zero-order valence-electron chi connectivity index (χ0n) is 14.8. The molecule has 7 nitrogen and oxygen atoms in total. The molecule has 0 aliphatic heterocycles. The molecule has 0 atom stereocenters. The van der Waals surface area contributed by atoms with Gasteiger partial charge in [-0.15, -0.1) is 0 Å². The zero-order valence-corrected chi connectivity index (χ0v) is 14.8. The summed E-state index contributed by atoms with van der Waals surface area (Å²) < 4.78 is 9.24. The highest BCUT2D eigenvalue weighted by Crippen LogP contribution is 2.32. The predicted molar refractivity (Wildman–Crippen MR) is 100 cm³/mol. The largest absolute Gasteiger partial charge is 0.494 e. The zero-order chi connectivity index (χ0) is 17.9. The maximum Gasteiger partial charge on any atom is 0.147 e. The van der Waals surface area contributed by atoms with Crippen LogP contribution in [0.2, 0.25) is 0 Å². The van der Waals surface area contributed by atoms with Crippen molar-refractivity contribution in [3.8, 4) is 16.9 Å². The summed E-state index contributed by atoms with van der Waals surface area (Å²) in [5, 5.41) is 12.2. The van der Waals surface area contributed by atoms with Gasteiger partial charge in [-0.25, -0.2) is 4.52 Å². The average Bonchev–Trinajstić information content (AvgIpc) is 3.28. The minimum Gasteiger partial charge on any atom is -0.494 e. The third-order valence-corrected chi connectivity index (χ3v) is 4.29. The van der Waals surface area contributed by atoms with Crippen LogP contribution in [0.25, 0.3) is 16.6 Å². The molecule has 0 unspecified atom stereocenters. The van der Waals surface area contributed by atoms with Crippen LogP contribution < -0.4 is 10.1 Å². The van der Waals surface area contributed by atoms with Crippen LogP contribution in [0.1, 0.15) is 5.56 Å². The lowest BCUT2D eigenvalue weighted by atomic mass is 10.1. The standard InChI is InChI=1S/C19H20N6O/c1-24-12-16(10-22-24)15-8-18(26-2)19-17(11-23-25(19)13-15)21-7-5-14-4-3-6-20-9-14/h3-4,6,8-13,21H,5,7H2,1-2H3. The van der Waals surface area contributed by atoms with Crippen LogP contribution in [0.3, 0.4) is 0 Å². The summed E-state index contributed by atoms with van der Waals surface area (Å²) in [6, 6.07) is 6.04. The van der Waals surface area contributed by atoms with Crippen molar-refractivity contribution < 1.29 is 4.74 Å². The molecule has 0 radical (unpaired) electrons. The fraction of sp³-hybridized carbons (Fsp3) is 0.211. The van der Waals surface area contributed by atoms with Gasteiger partial charge >= 0.3 is 0 Å². The van der Waals surface area contributed by atoms with Crippen molar-refractivity contribution >= 4 is 11.2 Å². The molecular weight excluding hydrogens is 328 g/mol. The Hall–Kier alpha value is -3.35. The molecule has 1 N–H and O–H groups in total. The fourth-order valence-corrected chi connectivity index (χ4v) is 2.98. The number of ether oxygens (including phenoxy) is 1. The van der Waals surface area contributed by atoms with Gasteiger partial charge in [0.25, 0.3) is 0 Å². The molecule has 26 heavy (non-hydrogen) atoms. The van der Waals surface area contributed by atoms with Gasteiger partial charge in [0, 0.05) is 49.5 Å². The number of rotatable bonds is 6. The highest BCUT2D eigenvalue weighted by Gasteiger charge is 2.13. The topological polar surface area (TPSA) is 69.3 Å². The summed E-state index contributed by atoms with van der Waals surface area (Å²) in [6.07, 6.45) is 12.2. The average molecular weight is 348 g/mol. The summed E-state index contributed by atoms with van der Waals surface area (Å²) in [4.78, 5) is 4.15. The summed E-state index contributed by atoms with van der Waals surface area (Å²) in [5.74, 6) is 0.771. The van der Waals surface area contributed by atoms with Crippen LogP contribution in [0, 0.1) is 0 Å². The number of aryl methyl sites for hydroxylation is 1. The first-order valence-electron chi connectivity index (χ1n) is 8.42. The number of pyridine rings is 2. The maximum atomic E-state index is 5.62. The molecule has 4 rings (SSSR count). The first kappa shape index (κ1) is 16.1. The number of hydrogen-bond donors (Lipinski definition) is 1. The quantitative estimate of drug-likeness (QED) is 0.580. The number of fused-ring (bicyclic) bond motifs is 1. The van der Waals surface area contributed by atoms with Gasteiger partial charge in [-0.3, -0.25) is 9.67 Å². The second-order valence-electron chi connectivity index (χ2n) is 6.09. The number of aromatic nitrogens is 5. The third-order valence-electron chi connectivity index (χ3n) is 4.29. The van der Waals surface area contributed by atoms with E-state index >= 15 is 0 Å². The predicted octanol–water partition coefficient (Wildman–Crippen LogP) is 2.79. The molecule has 4 aromatic rings. The van der Waals surface area contributed by atoms with E-state index in [2.05, 4.69) is 26.6 Å². The van der Waals surface area contributed by atoms with Crippen LogP contribution in [0.5, 0.6) is 5.75 Å². The number of hydrogen-bond acceptors (Lipinski definition) is 5. The monoisotopic (exact) mass is 348 g/mol. The molecule has 132 valence electrons. The molecule has 0 fully saturated rings. The summed E-state index contributed by atoms with van der Waals surface area (Å²) >= 11 is 0. The molecule has 0 saturated heterocycles. The van der Waals surface area contributed by atoms with Gasteiger partial charge in [0.2, 0.25) is 0 Å². The molecular formula is C19H20N6O. The molecule has 0 aromatic carbocycles. The Morgan fingerprint density at radius 3 is 2.77 bits per heavy atom. The molecule has 0 aliphatic carbocycles. The van der Waals surface area contributed by atoms with Gasteiger partial charge in [0.15, 0.2) is 0 Å². The van der Waals surface area contributed by atoms with E-state index in [1.807, 2.05) is 54.7 Å². The van der Waals surface area contributed by atoms with Crippen LogP contribution in [-0.4, -0.2) is 38.0 Å². The van der Waals surface area contributed by atoms with Crippen LogP contribution in [0.4, 0.5) is 5.69 Å². The number of methoxy groups -OCH3 is 1. The van der Waals surface area contributed by atoms with Crippen molar-refractivity contribution in [1.29, 1.82) is 0 Å². The Morgan fingerprint density at radius 2 is 2.04 bits per heavy atom. The smallest absolute Gasteiger partial charge is 0.147 e. The van der Waals surface area contributed by atoms with Crippen molar-refractivity contribution in [2.75, 3.05) is 19.0 Å². The number of nitrogens with zero attached hydrogens (tertiary/aromatic N) is 5. The number of anilines is 1. The van der Waals surface area contributed by atoms with Crippen molar-refractivity contribution in [1.82, 2.24) is 24.4 Å². The SMILES string of the molecule is COc1cc(-c2cnn(C)c2)cn2ncc(NCCc3cccnc3)c12. The van der Waals surface area contributed by atoms with E-state index in [0.717, 1.165) is 41.0 Å². The maximum absolute atomic E-state index is 5.62. The van der Waals surface area contributed by atoms with Gasteiger partial charge < -0.3 is 10.1 Å². The van der Waals surface area contributed by atoms with Gasteiger partial charge in [0.05, 0.1) is 25.2 Å². The molecule has 0 saturated carbocycles. The van der Waals surface area contributed by atoms with Crippen molar-refractivity contribution in [2.24, 2.45) is 7.05 Å². The lowest BCUT2D eigenvalue weighted by Gasteiger charge is -2.09. The minimum atomic E-state index is 0.771. The van der Waals surface area contributed by atoms with Crippen molar-refractivity contribution in [3.05, 3.63) is 60.9 Å². The van der Waals surface area contributed by atoms with E-state index in [4.69, 9.17) is 4.74 Å². The Bertz CT molecular complexity index is 1020. The van der Waals surface area contributed by atoms with E-state index in [1.165, 1.54) is 5.56 Å². The molecule has 4 heterocycles. The third kappa shape index (κ3) is 3.11. The summed E-state index contributed by atoms with van der Waals surface area (Å²) in [7, 11) is 3.58. The Morgan fingerprint density at radius 1 is 1.12 bits per heavy atom. The Kier molecular flexibility index (Phi) is 4.27. The molecule has 0 spiro atoms. The highest BCUT2D eigenvalue weighted by atomic mass is 16.5. The molecule has 7 heteroatoms. The normalized spacial score (nSPS) is 11.0. The first-order valence-corrected chi connectivity index (χ1v) is 8.42. The highest BCUT2D eigenvalue weighted by molar-refractivity contribution is 5.81. The lowest BCUT2D eigenvalue weighted by Crippen LogP contribution is -2.05. The molecule has 4 aromatic heterocycles. The van der Waals surface area contributed by atoms with E-state index in [-0.39, 0.29) is 0 Å². The van der Waals surface area contributed by atoms with E-state index in [9.17, 15) is 0 Å². The van der Waals surface area contributed by atoms with E-state index in [0.29, 0.717) is 0 Å². The lowest BCUT2D eigenvalue weighted by molar-refractivity contribution is 0.418. The van der Waals surface area contributed by atoms with Crippen molar-refractivity contribution in [3.63, 3.8) is 0 Å².